The van der Waals surface area contributed by atoms with Gasteiger partial charge < -0.3 is 15.0 Å². The van der Waals surface area contributed by atoms with E-state index >= 15 is 0 Å². The summed E-state index contributed by atoms with van der Waals surface area (Å²) in [5, 5.41) is 2.57. The van der Waals surface area contributed by atoms with Gasteiger partial charge in [0.15, 0.2) is 9.84 Å². The number of hydrogen-bond donors (Lipinski definition) is 2. The smallest absolute Gasteiger partial charge is 0.260 e. The van der Waals surface area contributed by atoms with E-state index in [4.69, 9.17) is 4.74 Å². The van der Waals surface area contributed by atoms with Gasteiger partial charge in [0.05, 0.1) is 11.4 Å². The zero-order valence-corrected chi connectivity index (χ0v) is 13.2. The molecule has 0 saturated heterocycles. The minimum Gasteiger partial charge on any atom is -0.492 e. The number of hydrogen-bond acceptors (Lipinski definition) is 5. The highest BCUT2D eigenvalue weighted by molar-refractivity contribution is 7.90. The van der Waals surface area contributed by atoms with Crippen LogP contribution in [0, 0.1) is 0 Å². The van der Waals surface area contributed by atoms with Crippen LogP contribution in [-0.4, -0.2) is 38.7 Å². The molecule has 2 N–H and O–H groups in total. The van der Waals surface area contributed by atoms with Gasteiger partial charge in [0.25, 0.3) is 11.5 Å². The van der Waals surface area contributed by atoms with Gasteiger partial charge in [0.1, 0.15) is 17.9 Å². The Hall–Kier alpha value is -2.61. The zero-order valence-electron chi connectivity index (χ0n) is 12.4. The lowest BCUT2D eigenvalue weighted by Gasteiger charge is -2.08. The van der Waals surface area contributed by atoms with E-state index in [9.17, 15) is 18.0 Å². The molecule has 1 aromatic carbocycles. The first-order valence-corrected chi connectivity index (χ1v) is 8.66. The monoisotopic (exact) mass is 336 g/mol. The Bertz CT molecular complexity index is 841. The van der Waals surface area contributed by atoms with Gasteiger partial charge in [0.2, 0.25) is 0 Å². The van der Waals surface area contributed by atoms with Crippen LogP contribution in [0.3, 0.4) is 0 Å². The lowest BCUT2D eigenvalue weighted by molar-refractivity contribution is 0.0945. The highest BCUT2D eigenvalue weighted by Crippen LogP contribution is 2.15. The van der Waals surface area contributed by atoms with Gasteiger partial charge in [-0.25, -0.2) is 8.42 Å². The van der Waals surface area contributed by atoms with Crippen molar-refractivity contribution in [1.29, 1.82) is 0 Å². The number of benzene rings is 1. The van der Waals surface area contributed by atoms with Crippen molar-refractivity contribution in [2.45, 2.75) is 4.90 Å². The maximum atomic E-state index is 11.8. The average Bonchev–Trinajstić information content (AvgIpc) is 2.51. The third-order valence-corrected chi connectivity index (χ3v) is 4.10. The Labute approximate surface area is 133 Å². The molecular weight excluding hydrogens is 320 g/mol. The summed E-state index contributed by atoms with van der Waals surface area (Å²) < 4.78 is 28.0. The number of ether oxygens (including phenoxy) is 1. The van der Waals surface area contributed by atoms with Crippen LogP contribution in [0.5, 0.6) is 5.75 Å². The van der Waals surface area contributed by atoms with Gasteiger partial charge in [-0.05, 0) is 36.4 Å². The molecule has 0 aliphatic carbocycles. The molecule has 0 bridgehead atoms. The Morgan fingerprint density at radius 2 is 1.91 bits per heavy atom. The van der Waals surface area contributed by atoms with Crippen molar-refractivity contribution in [3.63, 3.8) is 0 Å². The molecule has 0 aliphatic rings. The first-order valence-electron chi connectivity index (χ1n) is 6.77. The molecule has 2 rings (SSSR count). The van der Waals surface area contributed by atoms with Crippen LogP contribution in [0.15, 0.2) is 52.3 Å². The number of aromatic nitrogens is 1. The van der Waals surface area contributed by atoms with E-state index in [1.807, 2.05) is 0 Å². The Balaban J connectivity index is 1.83. The second kappa shape index (κ2) is 7.10. The summed E-state index contributed by atoms with van der Waals surface area (Å²) in [5.74, 6) is 0.00656. The van der Waals surface area contributed by atoms with Crippen LogP contribution in [0.25, 0.3) is 0 Å². The SMILES string of the molecule is CS(=O)(=O)c1ccc(OCCNC(=O)c2ccc[nH]c2=O)cc1. The molecule has 1 heterocycles. The number of carbonyl (C=O) groups is 1. The molecule has 1 amide bonds. The molecule has 23 heavy (non-hydrogen) atoms. The number of amides is 1. The Morgan fingerprint density at radius 3 is 2.52 bits per heavy atom. The van der Waals surface area contributed by atoms with E-state index in [0.29, 0.717) is 5.75 Å². The van der Waals surface area contributed by atoms with Crippen molar-refractivity contribution in [3.05, 3.63) is 58.5 Å². The molecule has 8 heteroatoms. The van der Waals surface area contributed by atoms with Crippen molar-refractivity contribution in [2.75, 3.05) is 19.4 Å². The molecule has 7 nitrogen and oxygen atoms in total. The third-order valence-electron chi connectivity index (χ3n) is 2.97. The first-order chi connectivity index (χ1) is 10.9. The number of sulfone groups is 1. The summed E-state index contributed by atoms with van der Waals surface area (Å²) >= 11 is 0. The molecule has 0 fully saturated rings. The quantitative estimate of drug-likeness (QED) is 0.751. The summed E-state index contributed by atoms with van der Waals surface area (Å²) in [6, 6.07) is 8.98. The predicted molar refractivity (Wildman–Crippen MR) is 84.4 cm³/mol. The van der Waals surface area contributed by atoms with E-state index in [2.05, 4.69) is 10.3 Å². The van der Waals surface area contributed by atoms with Crippen molar-refractivity contribution in [3.8, 4) is 5.75 Å². The van der Waals surface area contributed by atoms with Crippen molar-refractivity contribution in [1.82, 2.24) is 10.3 Å². The molecule has 0 radical (unpaired) electrons. The minimum absolute atomic E-state index is 0.0324. The molecule has 2 aromatic rings. The number of carbonyl (C=O) groups excluding carboxylic acids is 1. The van der Waals surface area contributed by atoms with Gasteiger partial charge >= 0.3 is 0 Å². The van der Waals surface area contributed by atoms with Gasteiger partial charge in [0, 0.05) is 12.5 Å². The van der Waals surface area contributed by atoms with Gasteiger partial charge in [-0.2, -0.15) is 0 Å². The van der Waals surface area contributed by atoms with Crippen LogP contribution in [0.4, 0.5) is 0 Å². The molecule has 1 aromatic heterocycles. The molecular formula is C15H16N2O5S. The highest BCUT2D eigenvalue weighted by Gasteiger charge is 2.09. The summed E-state index contributed by atoms with van der Waals surface area (Å²) in [6.45, 7) is 0.399. The standard InChI is InChI=1S/C15H16N2O5S/c1-23(20,21)12-6-4-11(5-7-12)22-10-9-17-15(19)13-3-2-8-16-14(13)18/h2-8H,9-10H2,1H3,(H,16,18)(H,17,19). The van der Waals surface area contributed by atoms with Gasteiger partial charge in [-0.1, -0.05) is 0 Å². The van der Waals surface area contributed by atoms with Crippen LogP contribution >= 0.6 is 0 Å². The minimum atomic E-state index is -3.24. The van der Waals surface area contributed by atoms with Crippen LogP contribution in [-0.2, 0) is 9.84 Å². The molecule has 0 aliphatic heterocycles. The lowest BCUT2D eigenvalue weighted by Crippen LogP contribution is -2.32. The number of pyridine rings is 1. The number of aromatic amines is 1. The van der Waals surface area contributed by atoms with Gasteiger partial charge in [-0.15, -0.1) is 0 Å². The molecule has 122 valence electrons. The lowest BCUT2D eigenvalue weighted by atomic mass is 10.2. The van der Waals surface area contributed by atoms with Crippen LogP contribution in [0.2, 0.25) is 0 Å². The Morgan fingerprint density at radius 1 is 1.22 bits per heavy atom. The van der Waals surface area contributed by atoms with Crippen molar-refractivity contribution < 1.29 is 17.9 Å². The maximum absolute atomic E-state index is 11.8. The van der Waals surface area contributed by atoms with E-state index in [1.165, 1.54) is 24.4 Å². The fraction of sp³-hybridized carbons (Fsp3) is 0.200. The molecule has 0 atom stereocenters. The van der Waals surface area contributed by atoms with Gasteiger partial charge in [-0.3, -0.25) is 9.59 Å². The first kappa shape index (κ1) is 16.8. The largest absolute Gasteiger partial charge is 0.492 e. The molecule has 0 saturated carbocycles. The average molecular weight is 336 g/mol. The normalized spacial score (nSPS) is 11.0. The summed E-state index contributed by atoms with van der Waals surface area (Å²) in [5.41, 5.74) is -0.424. The summed E-state index contributed by atoms with van der Waals surface area (Å²) in [4.78, 5) is 25.8. The van der Waals surface area contributed by atoms with Crippen molar-refractivity contribution in [2.24, 2.45) is 0 Å². The van der Waals surface area contributed by atoms with E-state index < -0.39 is 21.3 Å². The fourth-order valence-corrected chi connectivity index (χ4v) is 2.44. The zero-order chi connectivity index (χ0) is 16.9. The van der Waals surface area contributed by atoms with Crippen molar-refractivity contribution >= 4 is 15.7 Å². The highest BCUT2D eigenvalue weighted by atomic mass is 32.2. The van der Waals surface area contributed by atoms with E-state index in [-0.39, 0.29) is 23.6 Å². The van der Waals surface area contributed by atoms with E-state index in [0.717, 1.165) is 6.26 Å². The second-order valence-electron chi connectivity index (χ2n) is 4.76. The van der Waals surface area contributed by atoms with Crippen LogP contribution < -0.4 is 15.6 Å². The van der Waals surface area contributed by atoms with E-state index in [1.54, 1.807) is 18.2 Å². The number of H-pyrrole nitrogens is 1. The third kappa shape index (κ3) is 4.68. The summed E-state index contributed by atoms with van der Waals surface area (Å²) in [6.07, 6.45) is 2.58. The fourth-order valence-electron chi connectivity index (χ4n) is 1.81. The van der Waals surface area contributed by atoms with Crippen LogP contribution in [0.1, 0.15) is 10.4 Å². The summed E-state index contributed by atoms with van der Waals surface area (Å²) in [7, 11) is -3.24. The number of nitrogens with one attached hydrogen (secondary N) is 2. The molecule has 0 spiro atoms. The predicted octanol–water partition coefficient (Wildman–Crippen LogP) is 0.587. The molecule has 0 unspecified atom stereocenters. The topological polar surface area (TPSA) is 105 Å². The number of rotatable bonds is 6. The Kier molecular flexibility index (Phi) is 5.17. The second-order valence-corrected chi connectivity index (χ2v) is 6.78. The maximum Gasteiger partial charge on any atom is 0.260 e.